The summed E-state index contributed by atoms with van der Waals surface area (Å²) >= 11 is 6.69. The molecule has 4 aromatic rings. The molecule has 1 saturated heterocycles. The second-order valence-electron chi connectivity index (χ2n) is 8.82. The number of pyridine rings is 1. The number of aromatic nitrogens is 5. The standard InChI is InChI=1S/C26H28ClN7O4/c1-5-22(35)30-19-12-38-13-20(19)32-26-28-9-14-6-18(17-7-16(36-3)8-21(37-4)23(17)27)31-25(24(14)33-26)15-10-29-34(2)11-15/h5-11,19-20,22,30,35H,1,12-13H2,2-4H3,(H,28,32,33)/t19-,20+,22?/m0/s1. The second kappa shape index (κ2) is 10.9. The largest absolute Gasteiger partial charge is 0.497 e. The van der Waals surface area contributed by atoms with Gasteiger partial charge in [-0.15, -0.1) is 0 Å². The molecule has 3 atom stereocenters. The van der Waals surface area contributed by atoms with Crippen LogP contribution in [-0.4, -0.2) is 75.6 Å². The molecule has 0 radical (unpaired) electrons. The normalized spacial score (nSPS) is 17.9. The lowest BCUT2D eigenvalue weighted by atomic mass is 10.1. The summed E-state index contributed by atoms with van der Waals surface area (Å²) in [7, 11) is 4.97. The maximum Gasteiger partial charge on any atom is 0.223 e. The van der Waals surface area contributed by atoms with Gasteiger partial charge in [-0.3, -0.25) is 10.00 Å². The molecule has 0 amide bonds. The minimum absolute atomic E-state index is 0.147. The van der Waals surface area contributed by atoms with E-state index in [4.69, 9.17) is 35.8 Å². The van der Waals surface area contributed by atoms with Crippen molar-refractivity contribution in [3.8, 4) is 34.0 Å². The van der Waals surface area contributed by atoms with E-state index >= 15 is 0 Å². The zero-order valence-corrected chi connectivity index (χ0v) is 21.9. The minimum Gasteiger partial charge on any atom is -0.497 e. The lowest BCUT2D eigenvalue weighted by Crippen LogP contribution is -2.47. The number of halogens is 1. The van der Waals surface area contributed by atoms with Crippen LogP contribution in [0.3, 0.4) is 0 Å². The molecule has 3 aromatic heterocycles. The molecule has 1 fully saturated rings. The molecular weight excluding hydrogens is 510 g/mol. The van der Waals surface area contributed by atoms with Crippen LogP contribution in [0.25, 0.3) is 33.4 Å². The van der Waals surface area contributed by atoms with Crippen LogP contribution in [0, 0.1) is 0 Å². The molecule has 0 saturated carbocycles. The van der Waals surface area contributed by atoms with Gasteiger partial charge in [-0.2, -0.15) is 5.10 Å². The monoisotopic (exact) mass is 537 g/mol. The smallest absolute Gasteiger partial charge is 0.223 e. The van der Waals surface area contributed by atoms with Crippen molar-refractivity contribution in [1.29, 1.82) is 0 Å². The quantitative estimate of drug-likeness (QED) is 0.216. The van der Waals surface area contributed by atoms with Gasteiger partial charge in [0.05, 0.1) is 56.4 Å². The van der Waals surface area contributed by atoms with Gasteiger partial charge >= 0.3 is 0 Å². The first-order valence-electron chi connectivity index (χ1n) is 11.9. The van der Waals surface area contributed by atoms with E-state index < -0.39 is 6.23 Å². The summed E-state index contributed by atoms with van der Waals surface area (Å²) in [4.78, 5) is 14.3. The van der Waals surface area contributed by atoms with Crippen molar-refractivity contribution in [2.45, 2.75) is 18.3 Å². The van der Waals surface area contributed by atoms with Crippen molar-refractivity contribution >= 4 is 28.5 Å². The van der Waals surface area contributed by atoms with Gasteiger partial charge in [0.25, 0.3) is 0 Å². The third-order valence-electron chi connectivity index (χ3n) is 6.29. The molecule has 4 heterocycles. The van der Waals surface area contributed by atoms with Crippen LogP contribution >= 0.6 is 11.6 Å². The average molecular weight is 538 g/mol. The molecule has 1 aromatic carbocycles. The molecular formula is C26H28ClN7O4. The lowest BCUT2D eigenvalue weighted by Gasteiger charge is -2.22. The van der Waals surface area contributed by atoms with Gasteiger partial charge in [0, 0.05) is 42.0 Å². The molecule has 38 heavy (non-hydrogen) atoms. The number of anilines is 1. The number of aliphatic hydroxyl groups excluding tert-OH is 1. The number of methoxy groups -OCH3 is 2. The van der Waals surface area contributed by atoms with Crippen molar-refractivity contribution in [1.82, 2.24) is 30.0 Å². The van der Waals surface area contributed by atoms with Crippen molar-refractivity contribution in [2.75, 3.05) is 32.8 Å². The SMILES string of the molecule is C=CC(O)N[C@H]1COC[C@H]1Nc1ncc2cc(-c3cc(OC)cc(OC)c3Cl)nc(-c3cnn(C)c3)c2n1. The number of rotatable bonds is 9. The fourth-order valence-electron chi connectivity index (χ4n) is 4.33. The van der Waals surface area contributed by atoms with E-state index in [2.05, 4.69) is 27.3 Å². The Balaban J connectivity index is 1.59. The highest BCUT2D eigenvalue weighted by Crippen LogP contribution is 2.40. The Kier molecular flexibility index (Phi) is 7.43. The minimum atomic E-state index is -0.842. The highest BCUT2D eigenvalue weighted by molar-refractivity contribution is 6.34. The Morgan fingerprint density at radius 3 is 2.71 bits per heavy atom. The summed E-state index contributed by atoms with van der Waals surface area (Å²) in [5, 5.41) is 21.8. The average Bonchev–Trinajstić information content (AvgIpc) is 3.56. The van der Waals surface area contributed by atoms with Gasteiger partial charge in [0.1, 0.15) is 28.9 Å². The first-order chi connectivity index (χ1) is 18.4. The molecule has 1 aliphatic rings. The van der Waals surface area contributed by atoms with Crippen LogP contribution < -0.4 is 20.1 Å². The molecule has 12 heteroatoms. The molecule has 0 aliphatic carbocycles. The number of benzene rings is 1. The fourth-order valence-corrected chi connectivity index (χ4v) is 4.61. The number of hydrogen-bond donors (Lipinski definition) is 3. The van der Waals surface area contributed by atoms with Crippen LogP contribution in [0.4, 0.5) is 5.95 Å². The fraction of sp³-hybridized carbons (Fsp3) is 0.308. The lowest BCUT2D eigenvalue weighted by molar-refractivity contribution is 0.149. The van der Waals surface area contributed by atoms with E-state index in [1.807, 2.05) is 25.4 Å². The first-order valence-corrected chi connectivity index (χ1v) is 12.3. The van der Waals surface area contributed by atoms with E-state index in [1.54, 1.807) is 37.4 Å². The van der Waals surface area contributed by atoms with Crippen LogP contribution in [0.5, 0.6) is 11.5 Å². The van der Waals surface area contributed by atoms with Crippen molar-refractivity contribution in [3.63, 3.8) is 0 Å². The van der Waals surface area contributed by atoms with Gasteiger partial charge in [-0.1, -0.05) is 18.2 Å². The Labute approximate surface area is 224 Å². The number of aryl methyl sites for hydroxylation is 1. The maximum atomic E-state index is 9.93. The predicted octanol–water partition coefficient (Wildman–Crippen LogP) is 3.04. The van der Waals surface area contributed by atoms with Crippen LogP contribution in [0.15, 0.2) is 49.4 Å². The zero-order chi connectivity index (χ0) is 26.8. The summed E-state index contributed by atoms with van der Waals surface area (Å²) in [6.07, 6.45) is 5.92. The number of aliphatic hydroxyl groups is 1. The predicted molar refractivity (Wildman–Crippen MR) is 144 cm³/mol. The first kappa shape index (κ1) is 25.9. The number of hydrogen-bond acceptors (Lipinski definition) is 10. The Hall–Kier alpha value is -3.77. The third kappa shape index (κ3) is 5.14. The highest BCUT2D eigenvalue weighted by atomic mass is 35.5. The Morgan fingerprint density at radius 2 is 2.00 bits per heavy atom. The summed E-state index contributed by atoms with van der Waals surface area (Å²) in [6, 6.07) is 5.11. The zero-order valence-electron chi connectivity index (χ0n) is 21.2. The van der Waals surface area contributed by atoms with E-state index in [9.17, 15) is 5.11 Å². The highest BCUT2D eigenvalue weighted by Gasteiger charge is 2.30. The van der Waals surface area contributed by atoms with Crippen LogP contribution in [0.2, 0.25) is 5.02 Å². The molecule has 1 aliphatic heterocycles. The molecule has 3 N–H and O–H groups in total. The number of fused-ring (bicyclic) bond motifs is 1. The van der Waals surface area contributed by atoms with Crippen LogP contribution in [0.1, 0.15) is 0 Å². The van der Waals surface area contributed by atoms with Gasteiger partial charge in [-0.05, 0) is 18.2 Å². The van der Waals surface area contributed by atoms with Gasteiger partial charge in [-0.25, -0.2) is 15.0 Å². The molecule has 198 valence electrons. The molecule has 1 unspecified atom stereocenters. The van der Waals surface area contributed by atoms with E-state index in [1.165, 1.54) is 6.08 Å². The number of nitrogens with zero attached hydrogens (tertiary/aromatic N) is 5. The van der Waals surface area contributed by atoms with Crippen molar-refractivity contribution in [2.24, 2.45) is 7.05 Å². The molecule has 0 spiro atoms. The topological polar surface area (TPSA) is 128 Å². The third-order valence-corrected chi connectivity index (χ3v) is 6.68. The van der Waals surface area contributed by atoms with Crippen molar-refractivity contribution in [3.05, 3.63) is 54.5 Å². The van der Waals surface area contributed by atoms with E-state index in [0.717, 1.165) is 10.9 Å². The molecule has 0 bridgehead atoms. The number of nitrogens with one attached hydrogen (secondary N) is 2. The maximum absolute atomic E-state index is 9.93. The second-order valence-corrected chi connectivity index (χ2v) is 9.20. The van der Waals surface area contributed by atoms with Gasteiger partial charge in [0.2, 0.25) is 5.95 Å². The van der Waals surface area contributed by atoms with Gasteiger partial charge < -0.3 is 24.6 Å². The van der Waals surface area contributed by atoms with Gasteiger partial charge in [0.15, 0.2) is 0 Å². The summed E-state index contributed by atoms with van der Waals surface area (Å²) in [5.74, 6) is 1.48. The van der Waals surface area contributed by atoms with Crippen LogP contribution in [-0.2, 0) is 11.8 Å². The summed E-state index contributed by atoms with van der Waals surface area (Å²) < 4.78 is 18.2. The van der Waals surface area contributed by atoms with E-state index in [0.29, 0.717) is 58.2 Å². The Bertz CT molecular complexity index is 1480. The number of ether oxygens (including phenoxy) is 3. The molecule has 11 nitrogen and oxygen atoms in total. The summed E-state index contributed by atoms with van der Waals surface area (Å²) in [5.41, 5.74) is 3.30. The molecule has 5 rings (SSSR count). The van der Waals surface area contributed by atoms with E-state index in [-0.39, 0.29) is 12.1 Å². The summed E-state index contributed by atoms with van der Waals surface area (Å²) in [6.45, 7) is 4.48. The van der Waals surface area contributed by atoms with Crippen molar-refractivity contribution < 1.29 is 19.3 Å². The Morgan fingerprint density at radius 1 is 1.18 bits per heavy atom.